The summed E-state index contributed by atoms with van der Waals surface area (Å²) in [5.41, 5.74) is -1.70. The number of ether oxygens (including phenoxy) is 1. The van der Waals surface area contributed by atoms with Gasteiger partial charge in [-0.15, -0.1) is 11.3 Å². The van der Waals surface area contributed by atoms with Crippen LogP contribution in [0.1, 0.15) is 40.2 Å². The van der Waals surface area contributed by atoms with Gasteiger partial charge in [0.15, 0.2) is 0 Å². The van der Waals surface area contributed by atoms with Crippen LogP contribution in [0.25, 0.3) is 0 Å². The third-order valence-corrected chi connectivity index (χ3v) is 5.00. The molecular formula is C18H19F3N2O4S. The van der Waals surface area contributed by atoms with Crippen molar-refractivity contribution in [3.8, 4) is 0 Å². The maximum absolute atomic E-state index is 12.8. The number of hydrogen-bond donors (Lipinski definition) is 1. The summed E-state index contributed by atoms with van der Waals surface area (Å²) in [7, 11) is 0. The van der Waals surface area contributed by atoms with Crippen LogP contribution >= 0.6 is 11.3 Å². The molecule has 0 unspecified atom stereocenters. The van der Waals surface area contributed by atoms with E-state index in [9.17, 15) is 27.6 Å². The van der Waals surface area contributed by atoms with E-state index < -0.39 is 35.7 Å². The predicted molar refractivity (Wildman–Crippen MR) is 98.7 cm³/mol. The molecule has 152 valence electrons. The van der Waals surface area contributed by atoms with Gasteiger partial charge in [0.2, 0.25) is 5.91 Å². The molecule has 10 heteroatoms. The number of nitrogens with one attached hydrogen (secondary N) is 1. The highest BCUT2D eigenvalue weighted by Gasteiger charge is 2.34. The number of carbonyl (C=O) groups is 2. The van der Waals surface area contributed by atoms with Crippen molar-refractivity contribution in [1.29, 1.82) is 0 Å². The van der Waals surface area contributed by atoms with Gasteiger partial charge in [-0.05, 0) is 38.0 Å². The third-order valence-electron chi connectivity index (χ3n) is 3.93. The van der Waals surface area contributed by atoms with Crippen LogP contribution in [0.3, 0.4) is 0 Å². The highest BCUT2D eigenvalue weighted by Crippen LogP contribution is 2.34. The number of nitrogens with zero attached hydrogens (tertiary/aromatic N) is 1. The van der Waals surface area contributed by atoms with Gasteiger partial charge in [0.25, 0.3) is 5.56 Å². The minimum atomic E-state index is -4.81. The third kappa shape index (κ3) is 4.61. The van der Waals surface area contributed by atoms with Crippen molar-refractivity contribution in [1.82, 2.24) is 4.57 Å². The Labute approximate surface area is 162 Å². The molecule has 1 amide bonds. The van der Waals surface area contributed by atoms with Crippen molar-refractivity contribution in [2.75, 3.05) is 11.9 Å². The number of rotatable bonds is 6. The van der Waals surface area contributed by atoms with E-state index in [2.05, 4.69) is 5.32 Å². The van der Waals surface area contributed by atoms with Crippen LogP contribution in [0.5, 0.6) is 0 Å². The summed E-state index contributed by atoms with van der Waals surface area (Å²) in [5, 5.41) is 2.77. The van der Waals surface area contributed by atoms with Gasteiger partial charge in [-0.1, -0.05) is 6.92 Å². The lowest BCUT2D eigenvalue weighted by Gasteiger charge is -2.11. The summed E-state index contributed by atoms with van der Waals surface area (Å²) in [4.78, 5) is 37.4. The van der Waals surface area contributed by atoms with Gasteiger partial charge in [0.05, 0.1) is 12.2 Å². The predicted octanol–water partition coefficient (Wildman–Crippen LogP) is 3.61. The van der Waals surface area contributed by atoms with E-state index in [1.54, 1.807) is 13.8 Å². The molecular weight excluding hydrogens is 397 g/mol. The highest BCUT2D eigenvalue weighted by molar-refractivity contribution is 7.16. The molecule has 0 saturated heterocycles. The number of aryl methyl sites for hydroxylation is 1. The van der Waals surface area contributed by atoms with Crippen LogP contribution < -0.4 is 10.9 Å². The first-order chi connectivity index (χ1) is 13.1. The average Bonchev–Trinajstić information content (AvgIpc) is 2.90. The van der Waals surface area contributed by atoms with Gasteiger partial charge in [-0.2, -0.15) is 13.2 Å². The van der Waals surface area contributed by atoms with Crippen molar-refractivity contribution in [3.05, 3.63) is 50.3 Å². The molecule has 0 aliphatic rings. The number of anilines is 1. The molecule has 0 saturated carbocycles. The normalized spacial score (nSPS) is 11.4. The summed E-state index contributed by atoms with van der Waals surface area (Å²) in [6.07, 6.45) is -3.17. The number of aromatic nitrogens is 1. The quantitative estimate of drug-likeness (QED) is 0.730. The average molecular weight is 416 g/mol. The molecule has 6 nitrogen and oxygen atoms in total. The van der Waals surface area contributed by atoms with E-state index in [4.69, 9.17) is 4.74 Å². The van der Waals surface area contributed by atoms with Gasteiger partial charge in [-0.3, -0.25) is 9.59 Å². The number of esters is 1. The second-order valence-electron chi connectivity index (χ2n) is 5.82. The van der Waals surface area contributed by atoms with Crippen molar-refractivity contribution in [3.63, 3.8) is 0 Å². The maximum atomic E-state index is 12.8. The Morgan fingerprint density at radius 1 is 1.29 bits per heavy atom. The SMILES string of the molecule is CCOC(=O)c1c(NC(=O)Cn2cccc(C(F)(F)F)c2=O)sc(C)c1CC. The van der Waals surface area contributed by atoms with Crippen LogP contribution in [-0.2, 0) is 28.7 Å². The Morgan fingerprint density at radius 2 is 1.96 bits per heavy atom. The topological polar surface area (TPSA) is 77.4 Å². The molecule has 28 heavy (non-hydrogen) atoms. The van der Waals surface area contributed by atoms with E-state index in [1.165, 1.54) is 11.3 Å². The molecule has 0 aliphatic carbocycles. The first-order valence-corrected chi connectivity index (χ1v) is 9.27. The lowest BCUT2D eigenvalue weighted by atomic mass is 10.1. The fourth-order valence-corrected chi connectivity index (χ4v) is 3.86. The van der Waals surface area contributed by atoms with Crippen LogP contribution in [-0.4, -0.2) is 23.1 Å². The van der Waals surface area contributed by atoms with Crippen LogP contribution in [0, 0.1) is 6.92 Å². The zero-order valence-corrected chi connectivity index (χ0v) is 16.3. The number of carbonyl (C=O) groups excluding carboxylic acids is 2. The van der Waals surface area contributed by atoms with E-state index >= 15 is 0 Å². The highest BCUT2D eigenvalue weighted by atomic mass is 32.1. The zero-order valence-electron chi connectivity index (χ0n) is 15.5. The number of thiophene rings is 1. The minimum Gasteiger partial charge on any atom is -0.462 e. The first-order valence-electron chi connectivity index (χ1n) is 8.46. The number of alkyl halides is 3. The number of pyridine rings is 1. The van der Waals surface area contributed by atoms with E-state index in [1.807, 2.05) is 6.92 Å². The fourth-order valence-electron chi connectivity index (χ4n) is 2.71. The summed E-state index contributed by atoms with van der Waals surface area (Å²) in [5.74, 6) is -1.31. The molecule has 0 atom stereocenters. The van der Waals surface area contributed by atoms with Gasteiger partial charge >= 0.3 is 12.1 Å². The molecule has 0 aliphatic heterocycles. The molecule has 2 heterocycles. The standard InChI is InChI=1S/C18H19F3N2O4S/c1-4-11-10(3)28-15(14(11)17(26)27-5-2)22-13(24)9-23-8-6-7-12(16(23)25)18(19,20)21/h6-8H,4-5,9H2,1-3H3,(H,22,24). The molecule has 1 N–H and O–H groups in total. The molecule has 2 rings (SSSR count). The second kappa shape index (κ2) is 8.59. The molecule has 2 aromatic rings. The smallest absolute Gasteiger partial charge is 0.421 e. The van der Waals surface area contributed by atoms with E-state index in [-0.39, 0.29) is 17.2 Å². The number of amides is 1. The van der Waals surface area contributed by atoms with Gasteiger partial charge in [-0.25, -0.2) is 4.79 Å². The summed E-state index contributed by atoms with van der Waals surface area (Å²) in [6.45, 7) is 4.83. The van der Waals surface area contributed by atoms with Crippen molar-refractivity contribution < 1.29 is 27.5 Å². The Morgan fingerprint density at radius 3 is 2.54 bits per heavy atom. The monoisotopic (exact) mass is 416 g/mol. The lowest BCUT2D eigenvalue weighted by molar-refractivity contribution is -0.139. The van der Waals surface area contributed by atoms with Gasteiger partial charge < -0.3 is 14.6 Å². The Balaban J connectivity index is 2.30. The summed E-state index contributed by atoms with van der Waals surface area (Å²) >= 11 is 1.17. The second-order valence-corrected chi connectivity index (χ2v) is 7.04. The largest absolute Gasteiger partial charge is 0.462 e. The number of hydrogen-bond acceptors (Lipinski definition) is 5. The van der Waals surface area contributed by atoms with Crippen molar-refractivity contribution >= 4 is 28.2 Å². The van der Waals surface area contributed by atoms with Crippen LogP contribution in [0.4, 0.5) is 18.2 Å². The van der Waals surface area contributed by atoms with Crippen molar-refractivity contribution in [2.24, 2.45) is 0 Å². The van der Waals surface area contributed by atoms with Gasteiger partial charge in [0.1, 0.15) is 17.1 Å². The van der Waals surface area contributed by atoms with E-state index in [0.717, 1.165) is 22.7 Å². The molecule has 0 spiro atoms. The minimum absolute atomic E-state index is 0.157. The van der Waals surface area contributed by atoms with E-state index in [0.29, 0.717) is 17.1 Å². The number of halogens is 3. The molecule has 0 bridgehead atoms. The maximum Gasteiger partial charge on any atom is 0.421 e. The summed E-state index contributed by atoms with van der Waals surface area (Å²) < 4.78 is 44.3. The molecule has 0 fully saturated rings. The lowest BCUT2D eigenvalue weighted by Crippen LogP contribution is -2.32. The fraction of sp³-hybridized carbons (Fsp3) is 0.389. The van der Waals surface area contributed by atoms with Crippen molar-refractivity contribution in [2.45, 2.75) is 39.9 Å². The Bertz CT molecular complexity index is 947. The Kier molecular flexibility index (Phi) is 6.65. The van der Waals surface area contributed by atoms with Crippen LogP contribution in [0.2, 0.25) is 0 Å². The van der Waals surface area contributed by atoms with Crippen LogP contribution in [0.15, 0.2) is 23.1 Å². The molecule has 0 aromatic carbocycles. The first kappa shape index (κ1) is 21.7. The molecule has 2 aromatic heterocycles. The Hall–Kier alpha value is -2.62. The molecule has 0 radical (unpaired) electrons. The zero-order chi connectivity index (χ0) is 21.1. The van der Waals surface area contributed by atoms with Gasteiger partial charge in [0, 0.05) is 11.1 Å². The summed E-state index contributed by atoms with van der Waals surface area (Å²) in [6, 6.07) is 1.71.